The molecule has 2 rings (SSSR count). The third kappa shape index (κ3) is 8.53. The van der Waals surface area contributed by atoms with Crippen molar-refractivity contribution in [2.75, 3.05) is 13.2 Å². The number of nitrogens with one attached hydrogen (secondary N) is 3. The molecule has 0 spiro atoms. The average molecular weight is 445 g/mol. The fraction of sp³-hybridized carbons (Fsp3) is 0.174. The molecule has 2 aromatic carbocycles. The number of allylic oxidation sites excluding steroid dienone is 2. The maximum Gasteiger partial charge on any atom is 0.322 e. The number of benzene rings is 2. The molecule has 10 nitrogen and oxygen atoms in total. The van der Waals surface area contributed by atoms with E-state index < -0.39 is 17.8 Å². The van der Waals surface area contributed by atoms with Crippen molar-refractivity contribution in [3.05, 3.63) is 83.2 Å². The number of hydrogen-bond donors (Lipinski definition) is 4. The Hall–Kier alpha value is -4.67. The lowest BCUT2D eigenvalue weighted by Crippen LogP contribution is -2.40. The maximum atomic E-state index is 12.4. The van der Waals surface area contributed by atoms with Gasteiger partial charge in [0.1, 0.15) is 18.5 Å². The fourth-order valence-electron chi connectivity index (χ4n) is 2.55. The van der Waals surface area contributed by atoms with Crippen molar-refractivity contribution in [2.45, 2.75) is 13.1 Å². The van der Waals surface area contributed by atoms with Crippen LogP contribution in [0.5, 0.6) is 0 Å². The lowest BCUT2D eigenvalue weighted by Gasteiger charge is -2.17. The van der Waals surface area contributed by atoms with Gasteiger partial charge in [0.15, 0.2) is 11.4 Å². The van der Waals surface area contributed by atoms with Crippen LogP contribution >= 0.6 is 0 Å². The van der Waals surface area contributed by atoms with Crippen molar-refractivity contribution in [1.82, 2.24) is 20.9 Å². The standard InChI is InChI=1S/C23H23N7O3/c24-13-20(21(14-25)29-22(32)26-15-18-7-3-1-4-8-18)28-17-30(11-12-31)23(33)27-16-19-9-5-2-6-10-19/h1-10,17,31H,11-12,15-16H2,(H,27,33)(H2,26,29,32)/b21-20-,28-17?. The summed E-state index contributed by atoms with van der Waals surface area (Å²) < 4.78 is 0. The Balaban J connectivity index is 2.03. The van der Waals surface area contributed by atoms with Gasteiger partial charge in [0, 0.05) is 13.1 Å². The Morgan fingerprint density at radius 2 is 1.52 bits per heavy atom. The van der Waals surface area contributed by atoms with E-state index in [4.69, 9.17) is 0 Å². The van der Waals surface area contributed by atoms with Gasteiger partial charge in [-0.2, -0.15) is 10.5 Å². The summed E-state index contributed by atoms with van der Waals surface area (Å²) in [6.45, 7) is 0.0444. The maximum absolute atomic E-state index is 12.4. The minimum Gasteiger partial charge on any atom is -0.395 e. The Labute approximate surface area is 191 Å². The molecule has 4 amide bonds. The molecule has 0 aliphatic rings. The second-order valence-electron chi connectivity index (χ2n) is 6.55. The molecule has 10 heteroatoms. The van der Waals surface area contributed by atoms with Crippen LogP contribution in [0.1, 0.15) is 11.1 Å². The molecule has 0 fully saturated rings. The number of carbonyl (C=O) groups excluding carboxylic acids is 2. The zero-order chi connectivity index (χ0) is 23.9. The molecule has 0 aliphatic heterocycles. The Morgan fingerprint density at radius 3 is 2.03 bits per heavy atom. The zero-order valence-corrected chi connectivity index (χ0v) is 17.7. The van der Waals surface area contributed by atoms with E-state index in [1.807, 2.05) is 60.7 Å². The van der Waals surface area contributed by atoms with Crippen LogP contribution in [0.15, 0.2) is 77.1 Å². The number of aliphatic hydroxyl groups is 1. The fourth-order valence-corrected chi connectivity index (χ4v) is 2.55. The molecule has 0 aliphatic carbocycles. The number of amides is 4. The van der Waals surface area contributed by atoms with Crippen molar-refractivity contribution in [1.29, 1.82) is 10.5 Å². The molecular formula is C23H23N7O3. The van der Waals surface area contributed by atoms with E-state index in [1.54, 1.807) is 12.1 Å². The van der Waals surface area contributed by atoms with E-state index in [-0.39, 0.29) is 31.9 Å². The summed E-state index contributed by atoms with van der Waals surface area (Å²) in [5.74, 6) is 0. The number of nitrogens with zero attached hydrogens (tertiary/aromatic N) is 4. The van der Waals surface area contributed by atoms with Crippen LogP contribution in [0.3, 0.4) is 0 Å². The average Bonchev–Trinajstić information content (AvgIpc) is 2.86. The first-order valence-corrected chi connectivity index (χ1v) is 9.94. The quantitative estimate of drug-likeness (QED) is 0.264. The van der Waals surface area contributed by atoms with Gasteiger partial charge in [0.05, 0.1) is 13.2 Å². The van der Waals surface area contributed by atoms with Gasteiger partial charge >= 0.3 is 12.1 Å². The molecule has 2 aromatic rings. The van der Waals surface area contributed by atoms with E-state index >= 15 is 0 Å². The van der Waals surface area contributed by atoms with Crippen LogP contribution in [0, 0.1) is 22.7 Å². The van der Waals surface area contributed by atoms with Gasteiger partial charge in [-0.05, 0) is 11.1 Å². The molecule has 0 aromatic heterocycles. The third-order valence-electron chi connectivity index (χ3n) is 4.20. The number of rotatable bonds is 9. The molecule has 0 heterocycles. The number of carbonyl (C=O) groups is 2. The molecule has 0 atom stereocenters. The predicted molar refractivity (Wildman–Crippen MR) is 121 cm³/mol. The van der Waals surface area contributed by atoms with Crippen LogP contribution in [-0.4, -0.2) is 41.6 Å². The van der Waals surface area contributed by atoms with E-state index in [9.17, 15) is 25.2 Å². The molecule has 0 bridgehead atoms. The minimum absolute atomic E-state index is 0.0876. The summed E-state index contributed by atoms with van der Waals surface area (Å²) in [5.41, 5.74) is 0.954. The lowest BCUT2D eigenvalue weighted by atomic mass is 10.2. The summed E-state index contributed by atoms with van der Waals surface area (Å²) in [6, 6.07) is 20.6. The highest BCUT2D eigenvalue weighted by atomic mass is 16.3. The predicted octanol–water partition coefficient (Wildman–Crippen LogP) is 1.98. The Kier molecular flexibility index (Phi) is 10.1. The topological polar surface area (TPSA) is 154 Å². The van der Waals surface area contributed by atoms with Crippen LogP contribution in [0.25, 0.3) is 0 Å². The Bertz CT molecular complexity index is 1070. The second kappa shape index (κ2) is 13.6. The van der Waals surface area contributed by atoms with Gasteiger partial charge in [-0.3, -0.25) is 10.2 Å². The lowest BCUT2D eigenvalue weighted by molar-refractivity contribution is 0.207. The molecule has 0 radical (unpaired) electrons. The van der Waals surface area contributed by atoms with Gasteiger partial charge in [-0.15, -0.1) is 0 Å². The summed E-state index contributed by atoms with van der Waals surface area (Å²) in [6.07, 6.45) is 1.02. The van der Waals surface area contributed by atoms with Gasteiger partial charge in [0.25, 0.3) is 0 Å². The van der Waals surface area contributed by atoms with E-state index in [1.165, 1.54) is 0 Å². The van der Waals surface area contributed by atoms with Crippen LogP contribution < -0.4 is 16.0 Å². The summed E-state index contributed by atoms with van der Waals surface area (Å²) in [5, 5.41) is 35.5. The molecule has 4 N–H and O–H groups in total. The third-order valence-corrected chi connectivity index (χ3v) is 4.20. The van der Waals surface area contributed by atoms with Gasteiger partial charge < -0.3 is 15.7 Å². The van der Waals surface area contributed by atoms with Crippen LogP contribution in [0.2, 0.25) is 0 Å². The zero-order valence-electron chi connectivity index (χ0n) is 17.7. The van der Waals surface area contributed by atoms with Crippen LogP contribution in [-0.2, 0) is 13.1 Å². The first-order valence-electron chi connectivity index (χ1n) is 9.94. The number of aliphatic imine (C=N–C) groups is 1. The van der Waals surface area contributed by atoms with E-state index in [2.05, 4.69) is 20.9 Å². The van der Waals surface area contributed by atoms with Gasteiger partial charge in [-0.1, -0.05) is 60.7 Å². The van der Waals surface area contributed by atoms with E-state index in [0.717, 1.165) is 22.4 Å². The molecule has 168 valence electrons. The summed E-state index contributed by atoms with van der Waals surface area (Å²) >= 11 is 0. The number of urea groups is 2. The van der Waals surface area contributed by atoms with E-state index in [0.29, 0.717) is 0 Å². The largest absolute Gasteiger partial charge is 0.395 e. The molecule has 0 unspecified atom stereocenters. The van der Waals surface area contributed by atoms with Crippen molar-refractivity contribution < 1.29 is 14.7 Å². The number of aliphatic hydroxyl groups excluding tert-OH is 1. The first kappa shape index (κ1) is 24.6. The van der Waals surface area contributed by atoms with Crippen LogP contribution in [0.4, 0.5) is 9.59 Å². The highest BCUT2D eigenvalue weighted by Gasteiger charge is 2.13. The highest BCUT2D eigenvalue weighted by Crippen LogP contribution is 2.03. The van der Waals surface area contributed by atoms with Gasteiger partial charge in [0.2, 0.25) is 0 Å². The summed E-state index contributed by atoms with van der Waals surface area (Å²) in [7, 11) is 0. The highest BCUT2D eigenvalue weighted by molar-refractivity contribution is 5.87. The molecule has 33 heavy (non-hydrogen) atoms. The molecule has 0 saturated carbocycles. The number of hydrogen-bond acceptors (Lipinski definition) is 6. The first-order chi connectivity index (χ1) is 16.1. The van der Waals surface area contributed by atoms with Crippen molar-refractivity contribution in [2.24, 2.45) is 4.99 Å². The van der Waals surface area contributed by atoms with Gasteiger partial charge in [-0.25, -0.2) is 14.6 Å². The normalized spacial score (nSPS) is 11.0. The van der Waals surface area contributed by atoms with Crippen molar-refractivity contribution in [3.8, 4) is 12.1 Å². The molecule has 0 saturated heterocycles. The van der Waals surface area contributed by atoms with Crippen molar-refractivity contribution in [3.63, 3.8) is 0 Å². The SMILES string of the molecule is N#C/C(N=CN(CCO)C(=O)NCc1ccccc1)=C(\C#N)NC(=O)NCc1ccccc1. The minimum atomic E-state index is -0.689. The monoisotopic (exact) mass is 445 g/mol. The molecular weight excluding hydrogens is 422 g/mol. The smallest absolute Gasteiger partial charge is 0.322 e. The van der Waals surface area contributed by atoms with Crippen molar-refractivity contribution >= 4 is 18.4 Å². The number of nitriles is 2. The Morgan fingerprint density at radius 1 is 0.939 bits per heavy atom. The second-order valence-corrected chi connectivity index (χ2v) is 6.55. The summed E-state index contributed by atoms with van der Waals surface area (Å²) in [4.78, 5) is 29.4.